The molecule has 1 N–H and O–H groups in total. The minimum absolute atomic E-state index is 0.0348. The molecule has 0 aliphatic carbocycles. The van der Waals surface area contributed by atoms with Gasteiger partial charge in [0.25, 0.3) is 0 Å². The molecule has 0 aliphatic heterocycles. The third kappa shape index (κ3) is 3.74. The minimum atomic E-state index is -0.0348. The topological polar surface area (TPSA) is 77.1 Å². The van der Waals surface area contributed by atoms with Crippen molar-refractivity contribution in [1.29, 1.82) is 0 Å². The Bertz CT molecular complexity index is 959. The van der Waals surface area contributed by atoms with Crippen molar-refractivity contribution in [3.05, 3.63) is 71.5 Å². The third-order valence-electron chi connectivity index (χ3n) is 3.78. The Hall–Kier alpha value is -3.00. The molecule has 4 aromatic rings. The van der Waals surface area contributed by atoms with Gasteiger partial charge >= 0.3 is 0 Å². The molecule has 8 heteroatoms. The third-order valence-corrected chi connectivity index (χ3v) is 4.55. The smallest absolute Gasteiger partial charge is 0.226 e. The van der Waals surface area contributed by atoms with Crippen LogP contribution in [0.1, 0.15) is 16.8 Å². The lowest BCUT2D eigenvalue weighted by Gasteiger charge is -2.07. The van der Waals surface area contributed by atoms with Crippen LogP contribution >= 0.6 is 11.3 Å². The van der Waals surface area contributed by atoms with Crippen LogP contribution in [0, 0.1) is 0 Å². The van der Waals surface area contributed by atoms with Gasteiger partial charge in [-0.25, -0.2) is 14.6 Å². The van der Waals surface area contributed by atoms with Gasteiger partial charge < -0.3 is 5.32 Å². The van der Waals surface area contributed by atoms with Crippen LogP contribution in [0.25, 0.3) is 4.96 Å². The monoisotopic (exact) mass is 352 g/mol. The largest absolute Gasteiger partial charge is 0.352 e. The summed E-state index contributed by atoms with van der Waals surface area (Å²) < 4.78 is 3.70. The fraction of sp³-hybridized carbons (Fsp3) is 0.176. The molecule has 1 amide bonds. The molecule has 126 valence electrons. The minimum Gasteiger partial charge on any atom is -0.352 e. The Labute approximate surface area is 148 Å². The summed E-state index contributed by atoms with van der Waals surface area (Å²) in [6.45, 7) is 1.15. The first-order valence-corrected chi connectivity index (χ1v) is 8.72. The molecule has 7 nitrogen and oxygen atoms in total. The van der Waals surface area contributed by atoms with Gasteiger partial charge in [0, 0.05) is 24.3 Å². The molecule has 0 saturated heterocycles. The van der Waals surface area contributed by atoms with Crippen molar-refractivity contribution >= 4 is 22.2 Å². The van der Waals surface area contributed by atoms with Crippen molar-refractivity contribution < 1.29 is 4.79 Å². The molecular formula is C17H16N6OS. The summed E-state index contributed by atoms with van der Waals surface area (Å²) in [4.78, 5) is 21.4. The van der Waals surface area contributed by atoms with Gasteiger partial charge in [-0.1, -0.05) is 24.3 Å². The van der Waals surface area contributed by atoms with Crippen molar-refractivity contribution in [2.45, 2.75) is 19.5 Å². The van der Waals surface area contributed by atoms with Crippen LogP contribution in [-0.4, -0.2) is 30.1 Å². The molecule has 25 heavy (non-hydrogen) atoms. The Balaban J connectivity index is 1.34. The van der Waals surface area contributed by atoms with E-state index in [2.05, 4.69) is 26.4 Å². The second kappa shape index (κ2) is 6.86. The number of hydrogen-bond donors (Lipinski definition) is 1. The lowest BCUT2D eigenvalue weighted by Crippen LogP contribution is -2.24. The number of nitrogens with one attached hydrogen (secondary N) is 1. The molecule has 0 bridgehead atoms. The van der Waals surface area contributed by atoms with E-state index < -0.39 is 0 Å². The highest BCUT2D eigenvalue weighted by Crippen LogP contribution is 2.12. The predicted molar refractivity (Wildman–Crippen MR) is 94.2 cm³/mol. The zero-order chi connectivity index (χ0) is 17.1. The van der Waals surface area contributed by atoms with Crippen molar-refractivity contribution in [3.63, 3.8) is 0 Å². The number of benzene rings is 1. The van der Waals surface area contributed by atoms with Crippen LogP contribution in [0.3, 0.4) is 0 Å². The van der Waals surface area contributed by atoms with Gasteiger partial charge in [-0.05, 0) is 11.1 Å². The van der Waals surface area contributed by atoms with Crippen LogP contribution < -0.4 is 5.32 Å². The number of rotatable bonds is 6. The predicted octanol–water partition coefficient (Wildman–Crippen LogP) is 1.89. The standard InChI is InChI=1S/C17H16N6OS/c24-16(7-15-10-22-4-5-25-17(22)21-15)19-8-13-2-1-3-14(6-13)9-23-12-18-11-20-23/h1-6,10-12H,7-9H2,(H,19,24). The molecule has 0 aliphatic rings. The maximum absolute atomic E-state index is 12.1. The summed E-state index contributed by atoms with van der Waals surface area (Å²) in [6, 6.07) is 8.08. The number of imidazole rings is 1. The normalized spacial score (nSPS) is 11.0. The Morgan fingerprint density at radius 3 is 3.04 bits per heavy atom. The van der Waals surface area contributed by atoms with Crippen molar-refractivity contribution in [2.24, 2.45) is 0 Å². The summed E-state index contributed by atoms with van der Waals surface area (Å²) >= 11 is 1.56. The number of fused-ring (bicyclic) bond motifs is 1. The molecule has 0 unspecified atom stereocenters. The summed E-state index contributed by atoms with van der Waals surface area (Å²) in [7, 11) is 0. The van der Waals surface area contributed by atoms with E-state index in [1.807, 2.05) is 40.4 Å². The van der Waals surface area contributed by atoms with E-state index in [-0.39, 0.29) is 12.3 Å². The van der Waals surface area contributed by atoms with Crippen LogP contribution in [0.2, 0.25) is 0 Å². The van der Waals surface area contributed by atoms with E-state index in [1.165, 1.54) is 6.33 Å². The van der Waals surface area contributed by atoms with E-state index >= 15 is 0 Å². The van der Waals surface area contributed by atoms with E-state index in [0.29, 0.717) is 13.1 Å². The Morgan fingerprint density at radius 2 is 2.20 bits per heavy atom. The zero-order valence-electron chi connectivity index (χ0n) is 13.4. The number of aromatic nitrogens is 5. The van der Waals surface area contributed by atoms with Gasteiger partial charge in [0.05, 0.1) is 18.7 Å². The summed E-state index contributed by atoms with van der Waals surface area (Å²) in [5.41, 5.74) is 2.95. The average molecular weight is 352 g/mol. The molecule has 3 heterocycles. The van der Waals surface area contributed by atoms with E-state index in [1.54, 1.807) is 22.3 Å². The van der Waals surface area contributed by atoms with Crippen molar-refractivity contribution in [3.8, 4) is 0 Å². The van der Waals surface area contributed by atoms with Crippen LogP contribution in [-0.2, 0) is 24.3 Å². The van der Waals surface area contributed by atoms with Crippen molar-refractivity contribution in [2.75, 3.05) is 0 Å². The number of amides is 1. The van der Waals surface area contributed by atoms with E-state index in [9.17, 15) is 4.79 Å². The van der Waals surface area contributed by atoms with Gasteiger partial charge in [0.2, 0.25) is 5.91 Å². The van der Waals surface area contributed by atoms with Gasteiger partial charge in [-0.15, -0.1) is 11.3 Å². The lowest BCUT2D eigenvalue weighted by molar-refractivity contribution is -0.120. The van der Waals surface area contributed by atoms with Gasteiger partial charge in [0.15, 0.2) is 4.96 Å². The highest BCUT2D eigenvalue weighted by atomic mass is 32.1. The number of carbonyl (C=O) groups is 1. The maximum Gasteiger partial charge on any atom is 0.226 e. The van der Waals surface area contributed by atoms with E-state index in [4.69, 9.17) is 0 Å². The number of carbonyl (C=O) groups excluding carboxylic acids is 1. The quantitative estimate of drug-likeness (QED) is 0.575. The first-order chi connectivity index (χ1) is 12.3. The zero-order valence-corrected chi connectivity index (χ0v) is 14.2. The molecular weight excluding hydrogens is 336 g/mol. The van der Waals surface area contributed by atoms with Gasteiger partial charge in [-0.2, -0.15) is 5.10 Å². The van der Waals surface area contributed by atoms with Gasteiger partial charge in [0.1, 0.15) is 12.7 Å². The second-order valence-electron chi connectivity index (χ2n) is 5.69. The lowest BCUT2D eigenvalue weighted by atomic mass is 10.1. The summed E-state index contributed by atoms with van der Waals surface area (Å²) in [5.74, 6) is -0.0348. The number of thiazole rings is 1. The number of nitrogens with zero attached hydrogens (tertiary/aromatic N) is 5. The van der Waals surface area contributed by atoms with Gasteiger partial charge in [-0.3, -0.25) is 9.20 Å². The van der Waals surface area contributed by atoms with Crippen LogP contribution in [0.4, 0.5) is 0 Å². The van der Waals surface area contributed by atoms with E-state index in [0.717, 1.165) is 21.8 Å². The van der Waals surface area contributed by atoms with Crippen LogP contribution in [0.15, 0.2) is 54.7 Å². The Morgan fingerprint density at radius 1 is 1.28 bits per heavy atom. The molecule has 0 spiro atoms. The molecule has 3 aromatic heterocycles. The molecule has 4 rings (SSSR count). The molecule has 0 radical (unpaired) electrons. The van der Waals surface area contributed by atoms with Crippen molar-refractivity contribution in [1.82, 2.24) is 29.5 Å². The highest BCUT2D eigenvalue weighted by Gasteiger charge is 2.08. The summed E-state index contributed by atoms with van der Waals surface area (Å²) in [5, 5.41) is 9.02. The fourth-order valence-corrected chi connectivity index (χ4v) is 3.35. The molecule has 0 atom stereocenters. The number of hydrogen-bond acceptors (Lipinski definition) is 5. The fourth-order valence-electron chi connectivity index (χ4n) is 2.63. The summed E-state index contributed by atoms with van der Waals surface area (Å²) in [6.07, 6.45) is 7.32. The maximum atomic E-state index is 12.1. The van der Waals surface area contributed by atoms with Crippen LogP contribution in [0.5, 0.6) is 0 Å². The highest BCUT2D eigenvalue weighted by molar-refractivity contribution is 7.15. The molecule has 0 fully saturated rings. The first kappa shape index (κ1) is 15.5. The molecule has 0 saturated carbocycles. The second-order valence-corrected chi connectivity index (χ2v) is 6.56. The molecule has 1 aromatic carbocycles. The first-order valence-electron chi connectivity index (χ1n) is 7.84. The SMILES string of the molecule is O=C(Cc1cn2ccsc2n1)NCc1cccc(Cn2cncn2)c1. The average Bonchev–Trinajstić information content (AvgIpc) is 3.31. The Kier molecular flexibility index (Phi) is 4.26.